The molecule has 2 aromatic carbocycles. The Morgan fingerprint density at radius 2 is 1.82 bits per heavy atom. The van der Waals surface area contributed by atoms with E-state index in [0.717, 1.165) is 5.56 Å². The predicted octanol–water partition coefficient (Wildman–Crippen LogP) is 2.19. The maximum absolute atomic E-state index is 12.7. The first-order valence-corrected chi connectivity index (χ1v) is 10.2. The van der Waals surface area contributed by atoms with Gasteiger partial charge in [-0.25, -0.2) is 13.1 Å². The van der Waals surface area contributed by atoms with E-state index in [1.165, 1.54) is 30.3 Å². The first-order chi connectivity index (χ1) is 13.4. The fourth-order valence-electron chi connectivity index (χ4n) is 2.78. The van der Waals surface area contributed by atoms with Gasteiger partial charge in [-0.15, -0.1) is 6.58 Å². The normalized spacial score (nSPS) is 13.0. The molecular weight excluding hydrogens is 380 g/mol. The van der Waals surface area contributed by atoms with Gasteiger partial charge in [0.25, 0.3) is 5.91 Å². The summed E-state index contributed by atoms with van der Waals surface area (Å²) < 4.78 is 37.6. The van der Waals surface area contributed by atoms with Crippen molar-refractivity contribution in [2.75, 3.05) is 26.8 Å². The number of amides is 1. The quantitative estimate of drug-likeness (QED) is 0.718. The number of hydrogen-bond donors (Lipinski definition) is 1. The molecule has 148 valence electrons. The SMILES string of the molecule is C=CCNS(=O)(=O)c1ccc(C(=O)N(C)Cc2ccc3c(c2)OCCO3)cc1. The van der Waals surface area contributed by atoms with Crippen LogP contribution < -0.4 is 14.2 Å². The second-order valence-electron chi connectivity index (χ2n) is 6.30. The highest BCUT2D eigenvalue weighted by Crippen LogP contribution is 2.31. The van der Waals surface area contributed by atoms with Crippen molar-refractivity contribution in [3.8, 4) is 11.5 Å². The third-order valence-electron chi connectivity index (χ3n) is 4.20. The Morgan fingerprint density at radius 3 is 2.50 bits per heavy atom. The molecule has 0 fully saturated rings. The van der Waals surface area contributed by atoms with Crippen LogP contribution in [-0.2, 0) is 16.6 Å². The highest BCUT2D eigenvalue weighted by atomic mass is 32.2. The Bertz CT molecular complexity index is 971. The molecule has 1 amide bonds. The molecule has 0 bridgehead atoms. The lowest BCUT2D eigenvalue weighted by Crippen LogP contribution is -2.27. The molecule has 0 spiro atoms. The molecule has 1 heterocycles. The van der Waals surface area contributed by atoms with Crippen LogP contribution in [0.15, 0.2) is 60.0 Å². The van der Waals surface area contributed by atoms with Gasteiger partial charge in [-0.05, 0) is 42.0 Å². The lowest BCUT2D eigenvalue weighted by molar-refractivity contribution is 0.0784. The van der Waals surface area contributed by atoms with E-state index in [9.17, 15) is 13.2 Å². The van der Waals surface area contributed by atoms with Crippen molar-refractivity contribution in [1.82, 2.24) is 9.62 Å². The van der Waals surface area contributed by atoms with Crippen molar-refractivity contribution in [2.24, 2.45) is 0 Å². The first-order valence-electron chi connectivity index (χ1n) is 8.75. The van der Waals surface area contributed by atoms with Gasteiger partial charge in [0.1, 0.15) is 13.2 Å². The van der Waals surface area contributed by atoms with Gasteiger partial charge in [0.05, 0.1) is 4.90 Å². The van der Waals surface area contributed by atoms with Gasteiger partial charge in [-0.1, -0.05) is 12.1 Å². The Kier molecular flexibility index (Phi) is 6.01. The molecule has 28 heavy (non-hydrogen) atoms. The van der Waals surface area contributed by atoms with E-state index in [1.54, 1.807) is 11.9 Å². The fourth-order valence-corrected chi connectivity index (χ4v) is 3.78. The molecule has 0 saturated heterocycles. The summed E-state index contributed by atoms with van der Waals surface area (Å²) in [6.45, 7) is 5.04. The van der Waals surface area contributed by atoms with Crippen LogP contribution in [0.5, 0.6) is 11.5 Å². The molecule has 0 aliphatic carbocycles. The molecule has 0 radical (unpaired) electrons. The van der Waals surface area contributed by atoms with Gasteiger partial charge < -0.3 is 14.4 Å². The lowest BCUT2D eigenvalue weighted by atomic mass is 10.1. The van der Waals surface area contributed by atoms with E-state index in [-0.39, 0.29) is 17.3 Å². The highest BCUT2D eigenvalue weighted by Gasteiger charge is 2.17. The number of rotatable bonds is 7. The molecule has 2 aromatic rings. The molecule has 3 rings (SSSR count). The Morgan fingerprint density at radius 1 is 1.14 bits per heavy atom. The monoisotopic (exact) mass is 402 g/mol. The van der Waals surface area contributed by atoms with Crippen LogP contribution in [0.1, 0.15) is 15.9 Å². The van der Waals surface area contributed by atoms with E-state index in [4.69, 9.17) is 9.47 Å². The maximum atomic E-state index is 12.7. The molecule has 0 atom stereocenters. The minimum absolute atomic E-state index is 0.0976. The molecule has 1 N–H and O–H groups in total. The van der Waals surface area contributed by atoms with Gasteiger partial charge in [-0.2, -0.15) is 0 Å². The molecule has 0 unspecified atom stereocenters. The number of fused-ring (bicyclic) bond motifs is 1. The van der Waals surface area contributed by atoms with E-state index in [0.29, 0.717) is 36.8 Å². The average molecular weight is 402 g/mol. The standard InChI is InChI=1S/C20H22N2O5S/c1-3-10-21-28(24,25)17-7-5-16(6-8-17)20(23)22(2)14-15-4-9-18-19(13-15)27-12-11-26-18/h3-9,13,21H,1,10-12,14H2,2H3. The second kappa shape index (κ2) is 8.45. The van der Waals surface area contributed by atoms with Crippen LogP contribution in [0.25, 0.3) is 0 Å². The van der Waals surface area contributed by atoms with Crippen molar-refractivity contribution in [3.63, 3.8) is 0 Å². The summed E-state index contributed by atoms with van der Waals surface area (Å²) in [7, 11) is -1.92. The van der Waals surface area contributed by atoms with Gasteiger partial charge in [0.15, 0.2) is 11.5 Å². The molecule has 0 aromatic heterocycles. The molecule has 1 aliphatic rings. The predicted molar refractivity (Wildman–Crippen MR) is 105 cm³/mol. The Balaban J connectivity index is 1.68. The number of ether oxygens (including phenoxy) is 2. The van der Waals surface area contributed by atoms with E-state index < -0.39 is 10.0 Å². The third-order valence-corrected chi connectivity index (χ3v) is 5.64. The van der Waals surface area contributed by atoms with Crippen LogP contribution in [0.2, 0.25) is 0 Å². The molecule has 1 aliphatic heterocycles. The van der Waals surface area contributed by atoms with Crippen molar-refractivity contribution in [1.29, 1.82) is 0 Å². The number of sulfonamides is 1. The minimum atomic E-state index is -3.61. The molecule has 8 heteroatoms. The first kappa shape index (κ1) is 19.9. The van der Waals surface area contributed by atoms with Gasteiger partial charge >= 0.3 is 0 Å². The summed E-state index contributed by atoms with van der Waals surface area (Å²) in [5.74, 6) is 1.16. The van der Waals surface area contributed by atoms with Crippen molar-refractivity contribution in [3.05, 3.63) is 66.2 Å². The summed E-state index contributed by atoms with van der Waals surface area (Å²) in [6, 6.07) is 11.4. The van der Waals surface area contributed by atoms with Crippen molar-refractivity contribution >= 4 is 15.9 Å². The minimum Gasteiger partial charge on any atom is -0.486 e. The van der Waals surface area contributed by atoms with E-state index in [1.807, 2.05) is 18.2 Å². The maximum Gasteiger partial charge on any atom is 0.253 e. The largest absolute Gasteiger partial charge is 0.486 e. The zero-order valence-corrected chi connectivity index (χ0v) is 16.4. The number of hydrogen-bond acceptors (Lipinski definition) is 5. The summed E-state index contributed by atoms with van der Waals surface area (Å²) in [4.78, 5) is 14.3. The summed E-state index contributed by atoms with van der Waals surface area (Å²) in [6.07, 6.45) is 1.46. The summed E-state index contributed by atoms with van der Waals surface area (Å²) >= 11 is 0. The number of carbonyl (C=O) groups is 1. The lowest BCUT2D eigenvalue weighted by Gasteiger charge is -2.21. The highest BCUT2D eigenvalue weighted by molar-refractivity contribution is 7.89. The molecular formula is C20H22N2O5S. The van der Waals surface area contributed by atoms with Crippen molar-refractivity contribution < 1.29 is 22.7 Å². The van der Waals surface area contributed by atoms with Crippen LogP contribution >= 0.6 is 0 Å². The summed E-state index contributed by atoms with van der Waals surface area (Å²) in [5.41, 5.74) is 1.32. The number of nitrogens with zero attached hydrogens (tertiary/aromatic N) is 1. The zero-order valence-electron chi connectivity index (χ0n) is 15.6. The van der Waals surface area contributed by atoms with Crippen LogP contribution in [0.4, 0.5) is 0 Å². The summed E-state index contributed by atoms with van der Waals surface area (Å²) in [5, 5.41) is 0. The average Bonchev–Trinajstić information content (AvgIpc) is 2.71. The number of benzene rings is 2. The molecule has 7 nitrogen and oxygen atoms in total. The van der Waals surface area contributed by atoms with Crippen LogP contribution in [-0.4, -0.2) is 46.0 Å². The number of carbonyl (C=O) groups excluding carboxylic acids is 1. The van der Waals surface area contributed by atoms with E-state index in [2.05, 4.69) is 11.3 Å². The zero-order chi connectivity index (χ0) is 20.1. The van der Waals surface area contributed by atoms with Crippen LogP contribution in [0.3, 0.4) is 0 Å². The van der Waals surface area contributed by atoms with Gasteiger partial charge in [-0.3, -0.25) is 4.79 Å². The van der Waals surface area contributed by atoms with Crippen molar-refractivity contribution in [2.45, 2.75) is 11.4 Å². The van der Waals surface area contributed by atoms with Gasteiger partial charge in [0, 0.05) is 25.7 Å². The Labute approximate surface area is 164 Å². The van der Waals surface area contributed by atoms with E-state index >= 15 is 0 Å². The van der Waals surface area contributed by atoms with Gasteiger partial charge in [0.2, 0.25) is 10.0 Å². The fraction of sp³-hybridized carbons (Fsp3) is 0.250. The smallest absolute Gasteiger partial charge is 0.253 e. The molecule has 0 saturated carbocycles. The second-order valence-corrected chi connectivity index (χ2v) is 8.07. The third kappa shape index (κ3) is 4.52. The van der Waals surface area contributed by atoms with Crippen LogP contribution in [0, 0.1) is 0 Å². The topological polar surface area (TPSA) is 84.9 Å². The Hall–Kier alpha value is -2.84. The number of nitrogens with one attached hydrogen (secondary N) is 1.